The lowest BCUT2D eigenvalue weighted by Gasteiger charge is -2.11. The molecule has 0 aliphatic rings. The average molecular weight is 271 g/mol. The number of hydrogen-bond acceptors (Lipinski definition) is 4. The fraction of sp³-hybridized carbons (Fsp3) is 0.250. The number of pyridine rings is 1. The van der Waals surface area contributed by atoms with Gasteiger partial charge in [0.15, 0.2) is 5.69 Å². The second kappa shape index (κ2) is 5.74. The molecule has 2 aromatic rings. The largest absolute Gasteiger partial charge is 0.506 e. The first-order valence-electron chi connectivity index (χ1n) is 6.38. The molecule has 4 heteroatoms. The highest BCUT2D eigenvalue weighted by molar-refractivity contribution is 5.89. The number of aromatic nitrogens is 1. The third kappa shape index (κ3) is 2.79. The van der Waals surface area contributed by atoms with Crippen LogP contribution in [0.25, 0.3) is 0 Å². The monoisotopic (exact) mass is 271 g/mol. The molecule has 0 spiro atoms. The summed E-state index contributed by atoms with van der Waals surface area (Å²) in [6.45, 7) is 5.38. The van der Waals surface area contributed by atoms with Gasteiger partial charge in [-0.15, -0.1) is 0 Å². The molecule has 0 radical (unpaired) electrons. The van der Waals surface area contributed by atoms with Crippen LogP contribution in [0.5, 0.6) is 5.75 Å². The van der Waals surface area contributed by atoms with E-state index >= 15 is 0 Å². The van der Waals surface area contributed by atoms with Gasteiger partial charge in [0.05, 0.1) is 5.69 Å². The minimum Gasteiger partial charge on any atom is -0.506 e. The molecule has 0 unspecified atom stereocenters. The first kappa shape index (κ1) is 14.1. The third-order valence-electron chi connectivity index (χ3n) is 3.30. The molecule has 0 fully saturated rings. The van der Waals surface area contributed by atoms with E-state index < -0.39 is 5.97 Å². The SMILES string of the molecule is Cc1nc(C(=O)OCc2ccccc2)c(C)c(C)c1O. The van der Waals surface area contributed by atoms with Crippen molar-refractivity contribution in [3.8, 4) is 5.75 Å². The molecule has 0 atom stereocenters. The molecule has 0 bridgehead atoms. The first-order chi connectivity index (χ1) is 9.50. The van der Waals surface area contributed by atoms with Crippen molar-refractivity contribution in [2.75, 3.05) is 0 Å². The molecule has 0 aliphatic carbocycles. The third-order valence-corrected chi connectivity index (χ3v) is 3.30. The lowest BCUT2D eigenvalue weighted by Crippen LogP contribution is -2.11. The highest BCUT2D eigenvalue weighted by Crippen LogP contribution is 2.25. The summed E-state index contributed by atoms with van der Waals surface area (Å²) in [5.74, 6) is -0.348. The van der Waals surface area contributed by atoms with E-state index in [2.05, 4.69) is 4.98 Å². The minimum absolute atomic E-state index is 0.127. The van der Waals surface area contributed by atoms with Gasteiger partial charge in [0.1, 0.15) is 12.4 Å². The summed E-state index contributed by atoms with van der Waals surface area (Å²) in [4.78, 5) is 16.2. The normalized spacial score (nSPS) is 10.3. The quantitative estimate of drug-likeness (QED) is 0.871. The lowest BCUT2D eigenvalue weighted by atomic mass is 10.1. The smallest absolute Gasteiger partial charge is 0.357 e. The van der Waals surface area contributed by atoms with E-state index in [0.717, 1.165) is 5.56 Å². The van der Waals surface area contributed by atoms with Crippen molar-refractivity contribution in [1.82, 2.24) is 4.98 Å². The van der Waals surface area contributed by atoms with Gasteiger partial charge in [-0.1, -0.05) is 30.3 Å². The van der Waals surface area contributed by atoms with Gasteiger partial charge in [-0.3, -0.25) is 0 Å². The van der Waals surface area contributed by atoms with E-state index in [0.29, 0.717) is 16.8 Å². The second-order valence-corrected chi connectivity index (χ2v) is 4.71. The van der Waals surface area contributed by atoms with Crippen LogP contribution in [0, 0.1) is 20.8 Å². The lowest BCUT2D eigenvalue weighted by molar-refractivity contribution is 0.0464. The summed E-state index contributed by atoms with van der Waals surface area (Å²) in [6.07, 6.45) is 0. The van der Waals surface area contributed by atoms with Crippen LogP contribution in [0.3, 0.4) is 0 Å². The Labute approximate surface area is 118 Å². The van der Waals surface area contributed by atoms with E-state index in [4.69, 9.17) is 4.74 Å². The Hall–Kier alpha value is -2.36. The predicted molar refractivity (Wildman–Crippen MR) is 75.7 cm³/mol. The summed E-state index contributed by atoms with van der Waals surface area (Å²) in [5, 5.41) is 9.79. The Kier molecular flexibility index (Phi) is 4.03. The summed E-state index contributed by atoms with van der Waals surface area (Å²) in [5.41, 5.74) is 2.91. The topological polar surface area (TPSA) is 59.4 Å². The summed E-state index contributed by atoms with van der Waals surface area (Å²) < 4.78 is 5.26. The minimum atomic E-state index is -0.474. The standard InChI is InChI=1S/C16H17NO3/c1-10-11(2)15(18)12(3)17-14(10)16(19)20-9-13-7-5-4-6-8-13/h4-8,18H,9H2,1-3H3. The number of benzene rings is 1. The number of esters is 1. The molecule has 4 nitrogen and oxygen atoms in total. The molecule has 0 aliphatic heterocycles. The molecule has 1 heterocycles. The Morgan fingerprint density at radius 3 is 2.45 bits per heavy atom. The summed E-state index contributed by atoms with van der Waals surface area (Å²) in [6, 6.07) is 9.47. The number of aromatic hydroxyl groups is 1. The van der Waals surface area contributed by atoms with Crippen molar-refractivity contribution < 1.29 is 14.6 Å². The van der Waals surface area contributed by atoms with Crippen molar-refractivity contribution in [3.63, 3.8) is 0 Å². The number of hydrogen-bond donors (Lipinski definition) is 1. The van der Waals surface area contributed by atoms with Crippen LogP contribution < -0.4 is 0 Å². The summed E-state index contributed by atoms with van der Waals surface area (Å²) in [7, 11) is 0. The second-order valence-electron chi connectivity index (χ2n) is 4.71. The fourth-order valence-corrected chi connectivity index (χ4v) is 1.92. The van der Waals surface area contributed by atoms with Crippen molar-refractivity contribution in [1.29, 1.82) is 0 Å². The molecular formula is C16H17NO3. The van der Waals surface area contributed by atoms with Gasteiger partial charge in [0, 0.05) is 0 Å². The number of rotatable bonds is 3. The van der Waals surface area contributed by atoms with Crippen LogP contribution in [0.4, 0.5) is 0 Å². The Morgan fingerprint density at radius 1 is 1.15 bits per heavy atom. The molecule has 1 aromatic carbocycles. The van der Waals surface area contributed by atoms with Crippen molar-refractivity contribution >= 4 is 5.97 Å². The molecule has 0 saturated carbocycles. The van der Waals surface area contributed by atoms with Gasteiger partial charge in [-0.25, -0.2) is 9.78 Å². The molecule has 20 heavy (non-hydrogen) atoms. The van der Waals surface area contributed by atoms with Crippen molar-refractivity contribution in [2.24, 2.45) is 0 Å². The van der Waals surface area contributed by atoms with Gasteiger partial charge in [-0.05, 0) is 37.5 Å². The first-order valence-corrected chi connectivity index (χ1v) is 6.38. The number of ether oxygens (including phenoxy) is 1. The van der Waals surface area contributed by atoms with Gasteiger partial charge < -0.3 is 9.84 Å². The Bertz CT molecular complexity index is 636. The van der Waals surface area contributed by atoms with E-state index in [1.165, 1.54) is 0 Å². The fourth-order valence-electron chi connectivity index (χ4n) is 1.92. The van der Waals surface area contributed by atoms with E-state index in [1.54, 1.807) is 20.8 Å². The molecule has 1 aromatic heterocycles. The Balaban J connectivity index is 2.18. The predicted octanol–water partition coefficient (Wildman–Crippen LogP) is 3.07. The average Bonchev–Trinajstić information content (AvgIpc) is 2.47. The van der Waals surface area contributed by atoms with E-state index in [-0.39, 0.29) is 18.1 Å². The molecule has 104 valence electrons. The van der Waals surface area contributed by atoms with Crippen LogP contribution in [0.1, 0.15) is 32.9 Å². The Morgan fingerprint density at radius 2 is 1.80 bits per heavy atom. The molecule has 1 N–H and O–H groups in total. The van der Waals surface area contributed by atoms with Crippen LogP contribution in [0.15, 0.2) is 30.3 Å². The zero-order valence-corrected chi connectivity index (χ0v) is 11.8. The van der Waals surface area contributed by atoms with Crippen LogP contribution in [-0.2, 0) is 11.3 Å². The maximum absolute atomic E-state index is 12.1. The van der Waals surface area contributed by atoms with Crippen LogP contribution in [-0.4, -0.2) is 16.1 Å². The van der Waals surface area contributed by atoms with Gasteiger partial charge in [-0.2, -0.15) is 0 Å². The number of aryl methyl sites for hydroxylation is 1. The van der Waals surface area contributed by atoms with Gasteiger partial charge in [0.2, 0.25) is 0 Å². The van der Waals surface area contributed by atoms with Gasteiger partial charge >= 0.3 is 5.97 Å². The maximum Gasteiger partial charge on any atom is 0.357 e. The van der Waals surface area contributed by atoms with E-state index in [1.807, 2.05) is 30.3 Å². The number of carbonyl (C=O) groups is 1. The van der Waals surface area contributed by atoms with Crippen molar-refractivity contribution in [3.05, 3.63) is 58.4 Å². The zero-order chi connectivity index (χ0) is 14.7. The van der Waals surface area contributed by atoms with E-state index in [9.17, 15) is 9.90 Å². The summed E-state index contributed by atoms with van der Waals surface area (Å²) >= 11 is 0. The number of carbonyl (C=O) groups excluding carboxylic acids is 1. The molecule has 0 amide bonds. The van der Waals surface area contributed by atoms with Crippen molar-refractivity contribution in [2.45, 2.75) is 27.4 Å². The van der Waals surface area contributed by atoms with Crippen LogP contribution >= 0.6 is 0 Å². The highest BCUT2D eigenvalue weighted by atomic mass is 16.5. The highest BCUT2D eigenvalue weighted by Gasteiger charge is 2.18. The molecular weight excluding hydrogens is 254 g/mol. The zero-order valence-electron chi connectivity index (χ0n) is 11.8. The van der Waals surface area contributed by atoms with Gasteiger partial charge in [0.25, 0.3) is 0 Å². The van der Waals surface area contributed by atoms with Crippen LogP contribution in [0.2, 0.25) is 0 Å². The molecule has 2 rings (SSSR count). The maximum atomic E-state index is 12.1. The number of nitrogens with zero attached hydrogens (tertiary/aromatic N) is 1. The molecule has 0 saturated heterocycles.